The van der Waals surface area contributed by atoms with E-state index in [1.165, 1.54) is 0 Å². The van der Waals surface area contributed by atoms with E-state index < -0.39 is 0 Å². The molecule has 86 valence electrons. The second-order valence-corrected chi connectivity index (χ2v) is 5.26. The topological polar surface area (TPSA) is 35.8 Å². The average molecular weight is 281 g/mol. The van der Waals surface area contributed by atoms with Gasteiger partial charge in [0.1, 0.15) is 6.07 Å². The van der Waals surface area contributed by atoms with Crippen LogP contribution in [0.5, 0.6) is 0 Å². The summed E-state index contributed by atoms with van der Waals surface area (Å²) in [5.74, 6) is 1.31. The van der Waals surface area contributed by atoms with Crippen LogP contribution in [0.1, 0.15) is 26.3 Å². The van der Waals surface area contributed by atoms with Crippen molar-refractivity contribution in [1.29, 1.82) is 5.26 Å². The monoisotopic (exact) mass is 280 g/mol. The average Bonchev–Trinajstić information content (AvgIpc) is 2.25. The van der Waals surface area contributed by atoms with Crippen LogP contribution in [0.2, 0.25) is 0 Å². The molecule has 0 bridgehead atoms. The van der Waals surface area contributed by atoms with Gasteiger partial charge in [-0.1, -0.05) is 20.8 Å². The van der Waals surface area contributed by atoms with Crippen molar-refractivity contribution < 1.29 is 0 Å². The van der Waals surface area contributed by atoms with Gasteiger partial charge in [-0.05, 0) is 46.0 Å². The number of nitrogens with zero attached hydrogens (tertiary/aromatic N) is 1. The van der Waals surface area contributed by atoms with Crippen molar-refractivity contribution in [3.8, 4) is 6.07 Å². The zero-order valence-corrected chi connectivity index (χ0v) is 11.5. The van der Waals surface area contributed by atoms with E-state index in [1.807, 2.05) is 18.2 Å². The quantitative estimate of drug-likeness (QED) is 0.904. The SMILES string of the molecule is CC(C)C(C)CNc1ccc(C#N)c(Br)c1. The predicted octanol–water partition coefficient (Wildman–Crippen LogP) is 4.02. The number of hydrogen-bond acceptors (Lipinski definition) is 2. The zero-order chi connectivity index (χ0) is 12.1. The summed E-state index contributed by atoms with van der Waals surface area (Å²) in [5, 5.41) is 12.2. The predicted molar refractivity (Wildman–Crippen MR) is 71.3 cm³/mol. The Morgan fingerprint density at radius 2 is 2.06 bits per heavy atom. The molecule has 0 aliphatic carbocycles. The van der Waals surface area contributed by atoms with Crippen molar-refractivity contribution in [3.05, 3.63) is 28.2 Å². The molecule has 0 aromatic heterocycles. The number of nitrogens with one attached hydrogen (secondary N) is 1. The van der Waals surface area contributed by atoms with E-state index in [0.717, 1.165) is 16.7 Å². The van der Waals surface area contributed by atoms with Gasteiger partial charge in [0.2, 0.25) is 0 Å². The minimum absolute atomic E-state index is 0.634. The lowest BCUT2D eigenvalue weighted by molar-refractivity contribution is 0.440. The van der Waals surface area contributed by atoms with Crippen LogP contribution in [-0.2, 0) is 0 Å². The third kappa shape index (κ3) is 3.53. The normalized spacial score (nSPS) is 12.2. The Labute approximate surface area is 106 Å². The molecule has 0 heterocycles. The summed E-state index contributed by atoms with van der Waals surface area (Å²) in [7, 11) is 0. The molecular weight excluding hydrogens is 264 g/mol. The smallest absolute Gasteiger partial charge is 0.100 e. The van der Waals surface area contributed by atoms with Gasteiger partial charge in [0, 0.05) is 16.7 Å². The second kappa shape index (κ2) is 5.91. The van der Waals surface area contributed by atoms with Gasteiger partial charge in [-0.25, -0.2) is 0 Å². The Balaban J connectivity index is 2.63. The molecule has 16 heavy (non-hydrogen) atoms. The van der Waals surface area contributed by atoms with Gasteiger partial charge >= 0.3 is 0 Å². The summed E-state index contributed by atoms with van der Waals surface area (Å²) < 4.78 is 0.845. The van der Waals surface area contributed by atoms with Crippen LogP contribution in [0.3, 0.4) is 0 Å². The standard InChI is InChI=1S/C13H17BrN2/c1-9(2)10(3)8-16-12-5-4-11(7-15)13(14)6-12/h4-6,9-10,16H,8H2,1-3H3. The Morgan fingerprint density at radius 3 is 2.56 bits per heavy atom. The molecule has 1 N–H and O–H groups in total. The Bertz CT molecular complexity index is 393. The van der Waals surface area contributed by atoms with Crippen molar-refractivity contribution in [3.63, 3.8) is 0 Å². The summed E-state index contributed by atoms with van der Waals surface area (Å²) in [6.45, 7) is 7.63. The van der Waals surface area contributed by atoms with Crippen LogP contribution < -0.4 is 5.32 Å². The summed E-state index contributed by atoms with van der Waals surface area (Å²) >= 11 is 3.38. The molecule has 1 aromatic carbocycles. The molecule has 0 amide bonds. The molecule has 1 rings (SSSR count). The van der Waals surface area contributed by atoms with Crippen molar-refractivity contribution in [2.75, 3.05) is 11.9 Å². The molecule has 2 nitrogen and oxygen atoms in total. The van der Waals surface area contributed by atoms with Crippen LogP contribution in [0, 0.1) is 23.2 Å². The van der Waals surface area contributed by atoms with Crippen molar-refractivity contribution in [2.45, 2.75) is 20.8 Å². The molecule has 0 saturated carbocycles. The fraction of sp³-hybridized carbons (Fsp3) is 0.462. The molecule has 1 aromatic rings. The van der Waals surface area contributed by atoms with E-state index in [4.69, 9.17) is 5.26 Å². The zero-order valence-electron chi connectivity index (χ0n) is 9.92. The first-order chi connectivity index (χ1) is 7.54. The van der Waals surface area contributed by atoms with Crippen LogP contribution in [0.15, 0.2) is 22.7 Å². The van der Waals surface area contributed by atoms with Crippen LogP contribution in [-0.4, -0.2) is 6.54 Å². The van der Waals surface area contributed by atoms with Gasteiger partial charge in [0.25, 0.3) is 0 Å². The third-order valence-corrected chi connectivity index (χ3v) is 3.51. The largest absolute Gasteiger partial charge is 0.385 e. The van der Waals surface area contributed by atoms with E-state index >= 15 is 0 Å². The van der Waals surface area contributed by atoms with Gasteiger partial charge in [-0.3, -0.25) is 0 Å². The number of rotatable bonds is 4. The molecule has 0 fully saturated rings. The van der Waals surface area contributed by atoms with Crippen LogP contribution in [0.25, 0.3) is 0 Å². The maximum absolute atomic E-state index is 8.80. The lowest BCUT2D eigenvalue weighted by atomic mass is 9.98. The van der Waals surface area contributed by atoms with Crippen molar-refractivity contribution >= 4 is 21.6 Å². The molecule has 1 atom stereocenters. The highest BCUT2D eigenvalue weighted by atomic mass is 79.9. The first-order valence-electron chi connectivity index (χ1n) is 5.48. The van der Waals surface area contributed by atoms with Gasteiger partial charge in [0.05, 0.1) is 5.56 Å². The summed E-state index contributed by atoms with van der Waals surface area (Å²) in [6, 6.07) is 7.85. The molecule has 3 heteroatoms. The van der Waals surface area contributed by atoms with Gasteiger partial charge < -0.3 is 5.32 Å². The van der Waals surface area contributed by atoms with E-state index in [1.54, 1.807) is 0 Å². The van der Waals surface area contributed by atoms with Crippen LogP contribution >= 0.6 is 15.9 Å². The molecule has 0 saturated heterocycles. The van der Waals surface area contributed by atoms with Crippen LogP contribution in [0.4, 0.5) is 5.69 Å². The minimum atomic E-state index is 0.634. The number of halogens is 1. The van der Waals surface area contributed by atoms with E-state index in [-0.39, 0.29) is 0 Å². The highest BCUT2D eigenvalue weighted by Crippen LogP contribution is 2.21. The molecular formula is C13H17BrN2. The first kappa shape index (κ1) is 13.1. The molecule has 0 aliphatic rings. The Hall–Kier alpha value is -1.01. The van der Waals surface area contributed by atoms with E-state index in [0.29, 0.717) is 17.4 Å². The number of nitriles is 1. The van der Waals surface area contributed by atoms with E-state index in [2.05, 4.69) is 48.1 Å². The maximum Gasteiger partial charge on any atom is 0.100 e. The van der Waals surface area contributed by atoms with Crippen molar-refractivity contribution in [2.24, 2.45) is 11.8 Å². The maximum atomic E-state index is 8.80. The lowest BCUT2D eigenvalue weighted by Crippen LogP contribution is -2.16. The highest BCUT2D eigenvalue weighted by molar-refractivity contribution is 9.10. The summed E-state index contributed by atoms with van der Waals surface area (Å²) in [5.41, 5.74) is 1.72. The molecule has 0 radical (unpaired) electrons. The lowest BCUT2D eigenvalue weighted by Gasteiger charge is -2.17. The van der Waals surface area contributed by atoms with Crippen molar-refractivity contribution in [1.82, 2.24) is 0 Å². The minimum Gasteiger partial charge on any atom is -0.385 e. The van der Waals surface area contributed by atoms with Gasteiger partial charge in [-0.2, -0.15) is 5.26 Å². The van der Waals surface area contributed by atoms with Gasteiger partial charge in [0.15, 0.2) is 0 Å². The third-order valence-electron chi connectivity index (χ3n) is 2.86. The molecule has 0 aliphatic heterocycles. The van der Waals surface area contributed by atoms with E-state index in [9.17, 15) is 0 Å². The van der Waals surface area contributed by atoms with Gasteiger partial charge in [-0.15, -0.1) is 0 Å². The summed E-state index contributed by atoms with van der Waals surface area (Å²) in [6.07, 6.45) is 0. The fourth-order valence-electron chi connectivity index (χ4n) is 1.23. The first-order valence-corrected chi connectivity index (χ1v) is 6.27. The Kier molecular flexibility index (Phi) is 4.82. The number of benzene rings is 1. The molecule has 1 unspecified atom stereocenters. The second-order valence-electron chi connectivity index (χ2n) is 4.41. The highest BCUT2D eigenvalue weighted by Gasteiger charge is 2.07. The summed E-state index contributed by atoms with van der Waals surface area (Å²) in [4.78, 5) is 0. The Morgan fingerprint density at radius 1 is 1.38 bits per heavy atom. The fourth-order valence-corrected chi connectivity index (χ4v) is 1.70. The number of hydrogen-bond donors (Lipinski definition) is 1. The number of anilines is 1. The molecule has 0 spiro atoms.